The van der Waals surface area contributed by atoms with Gasteiger partial charge in [-0.2, -0.15) is 15.3 Å². The molecule has 10 nitrogen and oxygen atoms in total. The smallest absolute Gasteiger partial charge is 0.183 e. The van der Waals surface area contributed by atoms with E-state index in [0.29, 0.717) is 11.5 Å². The number of imidazole rings is 1. The van der Waals surface area contributed by atoms with Crippen LogP contribution in [0.25, 0.3) is 38.8 Å². The van der Waals surface area contributed by atoms with Crippen LogP contribution in [-0.4, -0.2) is 45.5 Å². The number of aromatic amines is 2. The summed E-state index contributed by atoms with van der Waals surface area (Å²) in [5.41, 5.74) is 5.76. The normalized spacial score (nSPS) is 11.5. The van der Waals surface area contributed by atoms with Crippen LogP contribution in [0.4, 0.5) is 11.5 Å². The van der Waals surface area contributed by atoms with Crippen molar-refractivity contribution in [3.05, 3.63) is 96.8 Å². The third kappa shape index (κ3) is 3.86. The fraction of sp³-hybridized carbons (Fsp3) is 0.0370. The fourth-order valence-electron chi connectivity index (χ4n) is 4.48. The molecule has 5 heterocycles. The molecule has 0 aliphatic carbocycles. The van der Waals surface area contributed by atoms with Crippen molar-refractivity contribution in [2.45, 2.75) is 6.42 Å². The van der Waals surface area contributed by atoms with Crippen molar-refractivity contribution in [3.8, 4) is 11.4 Å². The number of carbonyl (C=O) groups excluding carboxylic acids is 1. The molecule has 2 aromatic carbocycles. The van der Waals surface area contributed by atoms with E-state index < -0.39 is 0 Å². The Bertz CT molecular complexity index is 1920. The number of aromatic nitrogens is 8. The van der Waals surface area contributed by atoms with Crippen LogP contribution >= 0.6 is 0 Å². The second-order valence-corrected chi connectivity index (χ2v) is 8.75. The number of nitrogens with one attached hydrogen (secondary N) is 3. The summed E-state index contributed by atoms with van der Waals surface area (Å²) >= 11 is 0. The Kier molecular flexibility index (Phi) is 4.74. The maximum atomic E-state index is 12.8. The van der Waals surface area contributed by atoms with E-state index in [1.165, 1.54) is 0 Å². The lowest BCUT2D eigenvalue weighted by atomic mass is 10.1. The summed E-state index contributed by atoms with van der Waals surface area (Å²) in [7, 11) is 0. The van der Waals surface area contributed by atoms with Gasteiger partial charge in [0.25, 0.3) is 0 Å². The van der Waals surface area contributed by atoms with Crippen LogP contribution in [0.1, 0.15) is 16.1 Å². The first-order valence-electron chi connectivity index (χ1n) is 11.7. The number of Topliss-reactive ketones (excluding diaryl/α,β-unsaturated/α-hetero) is 1. The van der Waals surface area contributed by atoms with Crippen molar-refractivity contribution < 1.29 is 4.79 Å². The summed E-state index contributed by atoms with van der Waals surface area (Å²) in [5.74, 6) is 1.39. The zero-order valence-electron chi connectivity index (χ0n) is 19.4. The molecule has 0 fully saturated rings. The Hall–Kier alpha value is -5.38. The highest BCUT2D eigenvalue weighted by Gasteiger charge is 2.14. The minimum Gasteiger partial charge on any atom is -0.352 e. The maximum Gasteiger partial charge on any atom is 0.183 e. The van der Waals surface area contributed by atoms with Crippen LogP contribution in [0.3, 0.4) is 0 Å². The van der Waals surface area contributed by atoms with Gasteiger partial charge in [-0.1, -0.05) is 12.1 Å². The molecule has 0 bridgehead atoms. The Morgan fingerprint density at radius 3 is 2.81 bits per heavy atom. The highest BCUT2D eigenvalue weighted by atomic mass is 16.1. The first-order chi connectivity index (χ1) is 18.2. The van der Waals surface area contributed by atoms with E-state index >= 15 is 0 Å². The Morgan fingerprint density at radius 2 is 1.89 bits per heavy atom. The van der Waals surface area contributed by atoms with Gasteiger partial charge in [0.1, 0.15) is 17.3 Å². The number of rotatable bonds is 6. The molecule has 7 rings (SSSR count). The monoisotopic (exact) mass is 485 g/mol. The highest BCUT2D eigenvalue weighted by Crippen LogP contribution is 2.28. The van der Waals surface area contributed by atoms with Crippen LogP contribution in [0.2, 0.25) is 0 Å². The maximum absolute atomic E-state index is 12.8. The van der Waals surface area contributed by atoms with Crippen LogP contribution < -0.4 is 5.32 Å². The Labute approximate surface area is 209 Å². The molecule has 10 heteroatoms. The minimum absolute atomic E-state index is 0.0123. The number of hydrogen-bond donors (Lipinski definition) is 3. The molecule has 7 aromatic rings. The quantitative estimate of drug-likeness (QED) is 0.291. The molecule has 0 spiro atoms. The van der Waals surface area contributed by atoms with Gasteiger partial charge in [-0.15, -0.1) is 0 Å². The molecule has 0 amide bonds. The topological polar surface area (TPSA) is 130 Å². The molecule has 0 saturated heterocycles. The molecule has 0 atom stereocenters. The summed E-state index contributed by atoms with van der Waals surface area (Å²) in [6, 6.07) is 17.5. The molecular formula is C27H19N9O. The molecule has 5 aromatic heterocycles. The zero-order chi connectivity index (χ0) is 24.8. The minimum atomic E-state index is -0.0123. The third-order valence-corrected chi connectivity index (χ3v) is 6.29. The van der Waals surface area contributed by atoms with E-state index in [-0.39, 0.29) is 12.2 Å². The van der Waals surface area contributed by atoms with Gasteiger partial charge in [0.2, 0.25) is 0 Å². The van der Waals surface area contributed by atoms with E-state index in [4.69, 9.17) is 4.98 Å². The van der Waals surface area contributed by atoms with Gasteiger partial charge in [-0.25, -0.2) is 9.97 Å². The van der Waals surface area contributed by atoms with Crippen molar-refractivity contribution in [2.75, 3.05) is 5.32 Å². The molecule has 0 aliphatic rings. The lowest BCUT2D eigenvalue weighted by Gasteiger charge is -2.11. The average molecular weight is 486 g/mol. The van der Waals surface area contributed by atoms with Crippen molar-refractivity contribution in [1.82, 2.24) is 39.7 Å². The molecule has 0 saturated carbocycles. The summed E-state index contributed by atoms with van der Waals surface area (Å²) in [6.07, 6.45) is 8.87. The largest absolute Gasteiger partial charge is 0.352 e. The third-order valence-electron chi connectivity index (χ3n) is 6.29. The van der Waals surface area contributed by atoms with Gasteiger partial charge in [-0.05, 0) is 42.0 Å². The number of benzene rings is 2. The highest BCUT2D eigenvalue weighted by molar-refractivity contribution is 6.01. The SMILES string of the molecule is O=C(Cc1ccnnc1)c1cc2ccc(-c3nc(Nc4ccc5[nH]ncc5c4)cc4nccn34)cc2[nH]1. The summed E-state index contributed by atoms with van der Waals surface area (Å²) in [4.78, 5) is 25.5. The summed E-state index contributed by atoms with van der Waals surface area (Å²) in [5, 5.41) is 20.0. The van der Waals surface area contributed by atoms with E-state index in [0.717, 1.165) is 50.1 Å². The van der Waals surface area contributed by atoms with E-state index in [1.807, 2.05) is 59.1 Å². The lowest BCUT2D eigenvalue weighted by molar-refractivity contribution is 0.0989. The van der Waals surface area contributed by atoms with Crippen molar-refractivity contribution in [3.63, 3.8) is 0 Å². The predicted molar refractivity (Wildman–Crippen MR) is 140 cm³/mol. The predicted octanol–water partition coefficient (Wildman–Crippen LogP) is 4.71. The number of ketones is 1. The number of fused-ring (bicyclic) bond motifs is 3. The summed E-state index contributed by atoms with van der Waals surface area (Å²) in [6.45, 7) is 0. The Morgan fingerprint density at radius 1 is 0.919 bits per heavy atom. The first-order valence-corrected chi connectivity index (χ1v) is 11.7. The second-order valence-electron chi connectivity index (χ2n) is 8.75. The van der Waals surface area contributed by atoms with Crippen LogP contribution in [0.15, 0.2) is 85.6 Å². The molecule has 3 N–H and O–H groups in total. The van der Waals surface area contributed by atoms with Crippen molar-refractivity contribution in [2.24, 2.45) is 0 Å². The van der Waals surface area contributed by atoms with Crippen molar-refractivity contribution in [1.29, 1.82) is 0 Å². The second kappa shape index (κ2) is 8.38. The van der Waals surface area contributed by atoms with E-state index in [2.05, 4.69) is 35.7 Å². The molecule has 0 radical (unpaired) electrons. The number of anilines is 2. The molecule has 37 heavy (non-hydrogen) atoms. The molecule has 0 unspecified atom stereocenters. The van der Waals surface area contributed by atoms with Crippen molar-refractivity contribution >= 4 is 44.7 Å². The first kappa shape index (κ1) is 20.9. The molecule has 0 aliphatic heterocycles. The molecule has 178 valence electrons. The van der Waals surface area contributed by atoms with Gasteiger partial charge in [-0.3, -0.25) is 14.3 Å². The van der Waals surface area contributed by atoms with Gasteiger partial charge in [0, 0.05) is 58.6 Å². The number of H-pyrrole nitrogens is 2. The number of carbonyl (C=O) groups is 1. The van der Waals surface area contributed by atoms with Gasteiger partial charge in [0.15, 0.2) is 5.78 Å². The van der Waals surface area contributed by atoms with Crippen LogP contribution in [-0.2, 0) is 6.42 Å². The number of hydrogen-bond acceptors (Lipinski definition) is 7. The van der Waals surface area contributed by atoms with Crippen LogP contribution in [0.5, 0.6) is 0 Å². The van der Waals surface area contributed by atoms with E-state index in [1.54, 1.807) is 30.9 Å². The Balaban J connectivity index is 1.24. The lowest BCUT2D eigenvalue weighted by Crippen LogP contribution is -2.04. The standard InChI is InChI=1S/C27H19N9O/c37-24(9-16-5-6-29-30-14-16)23-11-17-1-2-18(12-22(17)33-23)27-34-25(13-26-28-7-8-36(26)27)32-20-3-4-21-19(10-20)15-31-35-21/h1-8,10-15,32-33H,9H2,(H,31,35). The summed E-state index contributed by atoms with van der Waals surface area (Å²) < 4.78 is 1.94. The number of nitrogens with zero attached hydrogens (tertiary/aromatic N) is 6. The van der Waals surface area contributed by atoms with Gasteiger partial charge in [0.05, 0.1) is 23.6 Å². The van der Waals surface area contributed by atoms with E-state index in [9.17, 15) is 4.79 Å². The van der Waals surface area contributed by atoms with Crippen LogP contribution in [0, 0.1) is 0 Å². The molecular weight excluding hydrogens is 466 g/mol. The fourth-order valence-corrected chi connectivity index (χ4v) is 4.48. The van der Waals surface area contributed by atoms with Gasteiger partial charge >= 0.3 is 0 Å². The average Bonchev–Trinajstić information content (AvgIpc) is 3.67. The van der Waals surface area contributed by atoms with Gasteiger partial charge < -0.3 is 10.3 Å². The zero-order valence-corrected chi connectivity index (χ0v) is 19.4.